The molecule has 0 spiro atoms. The van der Waals surface area contributed by atoms with Gasteiger partial charge in [0.25, 0.3) is 0 Å². The molecule has 0 aromatic carbocycles. The van der Waals surface area contributed by atoms with Crippen LogP contribution in [0.25, 0.3) is 0 Å². The lowest BCUT2D eigenvalue weighted by Crippen LogP contribution is -2.05. The van der Waals surface area contributed by atoms with Gasteiger partial charge in [0.2, 0.25) is 0 Å². The van der Waals surface area contributed by atoms with Gasteiger partial charge in [-0.3, -0.25) is 4.99 Å². The minimum absolute atomic E-state index is 0.257. The molecular weight excluding hydrogens is 102 g/mol. The van der Waals surface area contributed by atoms with Crippen LogP contribution in [-0.4, -0.2) is 19.0 Å². The molecule has 0 saturated carbocycles. The van der Waals surface area contributed by atoms with Crippen molar-refractivity contribution in [2.24, 2.45) is 10.9 Å². The van der Waals surface area contributed by atoms with Crippen LogP contribution in [0.1, 0.15) is 1.37 Å². The second kappa shape index (κ2) is 2.40. The number of dihydropyridines is 1. The van der Waals surface area contributed by atoms with Gasteiger partial charge in [-0.05, 0) is 6.08 Å². The topological polar surface area (TPSA) is 29.4 Å². The molecule has 1 aliphatic rings. The number of rotatable bonds is 1. The van der Waals surface area contributed by atoms with E-state index in [0.717, 1.165) is 0 Å². The van der Waals surface area contributed by atoms with Gasteiger partial charge in [0.05, 0.1) is 12.4 Å². The quantitative estimate of drug-likeness (QED) is 0.450. The molecule has 1 unspecified atom stereocenters. The van der Waals surface area contributed by atoms with Gasteiger partial charge in [0.15, 0.2) is 0 Å². The minimum Gasteiger partial charge on any atom is -0.303 e. The highest BCUT2D eigenvalue weighted by Crippen LogP contribution is 1.97. The lowest BCUT2D eigenvalue weighted by Gasteiger charge is -2.00. The van der Waals surface area contributed by atoms with Crippen molar-refractivity contribution in [2.75, 3.05) is 6.54 Å². The summed E-state index contributed by atoms with van der Waals surface area (Å²) < 4.78 is 7.30. The average molecular weight is 110 g/mol. The molecule has 0 aliphatic carbocycles. The fraction of sp³-hybridized carbons (Fsp3) is 0.333. The smallest absolute Gasteiger partial charge is 0.128 e. The minimum atomic E-state index is -1.09. The molecular formula is C6H7NO. The Balaban J connectivity index is 2.73. The molecule has 1 rings (SSSR count). The third kappa shape index (κ3) is 1.03. The normalized spacial score (nSPS) is 36.8. The second-order valence-corrected chi connectivity index (χ2v) is 1.54. The molecule has 0 aromatic rings. The molecule has 1 heterocycles. The Morgan fingerprint density at radius 2 is 2.88 bits per heavy atom. The summed E-state index contributed by atoms with van der Waals surface area (Å²) in [6, 6.07) is 0. The Morgan fingerprint density at radius 1 is 2.00 bits per heavy atom. The summed E-state index contributed by atoms with van der Waals surface area (Å²) in [6.45, 7) is 0.257. The zero-order valence-corrected chi connectivity index (χ0v) is 4.37. The van der Waals surface area contributed by atoms with Crippen LogP contribution in [0, 0.1) is 5.89 Å². The van der Waals surface area contributed by atoms with E-state index in [0.29, 0.717) is 6.29 Å². The summed E-state index contributed by atoms with van der Waals surface area (Å²) in [5.41, 5.74) is 0. The maximum atomic E-state index is 10.2. The third-order valence-corrected chi connectivity index (χ3v) is 0.927. The predicted octanol–water partition coefficient (Wildman–Crippen LogP) is 0.442. The number of carbonyl (C=O) groups excluding carboxylic acids is 1. The van der Waals surface area contributed by atoms with Gasteiger partial charge in [0, 0.05) is 7.59 Å². The Kier molecular flexibility index (Phi) is 1.20. The summed E-state index contributed by atoms with van der Waals surface area (Å²) in [7, 11) is 0. The monoisotopic (exact) mass is 110 g/mol. The van der Waals surface area contributed by atoms with Gasteiger partial charge < -0.3 is 4.79 Å². The highest BCUT2D eigenvalue weighted by Gasteiger charge is 2.00. The van der Waals surface area contributed by atoms with Gasteiger partial charge in [0.1, 0.15) is 6.29 Å². The Morgan fingerprint density at radius 3 is 3.25 bits per heavy atom. The maximum absolute atomic E-state index is 10.2. The van der Waals surface area contributed by atoms with Crippen molar-refractivity contribution in [1.82, 2.24) is 0 Å². The summed E-state index contributed by atoms with van der Waals surface area (Å²) in [5.74, 6) is -1.09. The number of aliphatic imine (C=N–C) groups is 1. The highest BCUT2D eigenvalue weighted by molar-refractivity contribution is 5.74. The van der Waals surface area contributed by atoms with Crippen LogP contribution in [0.2, 0.25) is 0 Å². The largest absolute Gasteiger partial charge is 0.303 e. The van der Waals surface area contributed by atoms with Crippen LogP contribution in [-0.2, 0) is 4.79 Å². The standard InChI is InChI=1S/C6H7NO/c8-5-6-2-1-3-7-4-6/h1-3,5-6H,4H2/i6D. The van der Waals surface area contributed by atoms with Crippen LogP contribution < -0.4 is 0 Å². The van der Waals surface area contributed by atoms with Gasteiger partial charge in [-0.1, -0.05) is 6.08 Å². The molecule has 0 N–H and O–H groups in total. The first-order valence-electron chi connectivity index (χ1n) is 2.91. The van der Waals surface area contributed by atoms with Crippen molar-refractivity contribution < 1.29 is 6.17 Å². The number of hydrogen-bond donors (Lipinski definition) is 0. The summed E-state index contributed by atoms with van der Waals surface area (Å²) in [6.07, 6.45) is 5.34. The number of allylic oxidation sites excluding steroid dienone is 1. The predicted molar refractivity (Wildman–Crippen MR) is 32.1 cm³/mol. The van der Waals surface area contributed by atoms with Crippen LogP contribution in [0.4, 0.5) is 0 Å². The van der Waals surface area contributed by atoms with Gasteiger partial charge in [-0.2, -0.15) is 0 Å². The van der Waals surface area contributed by atoms with Crippen LogP contribution >= 0.6 is 0 Å². The first-order chi connectivity index (χ1) is 4.27. The van der Waals surface area contributed by atoms with Crippen LogP contribution in [0.5, 0.6) is 0 Å². The van der Waals surface area contributed by atoms with Crippen LogP contribution in [0.15, 0.2) is 17.1 Å². The molecule has 8 heavy (non-hydrogen) atoms. The van der Waals surface area contributed by atoms with E-state index in [1.54, 1.807) is 12.3 Å². The zero-order valence-electron chi connectivity index (χ0n) is 5.37. The number of aldehydes is 1. The van der Waals surface area contributed by atoms with Crippen molar-refractivity contribution >= 4 is 12.5 Å². The van der Waals surface area contributed by atoms with E-state index in [1.165, 1.54) is 6.08 Å². The maximum Gasteiger partial charge on any atom is 0.128 e. The van der Waals surface area contributed by atoms with Crippen molar-refractivity contribution in [3.8, 4) is 0 Å². The first kappa shape index (κ1) is 4.01. The molecule has 2 heteroatoms. The van der Waals surface area contributed by atoms with Crippen molar-refractivity contribution in [3.63, 3.8) is 0 Å². The molecule has 1 atom stereocenters. The first-order valence-corrected chi connectivity index (χ1v) is 2.41. The van der Waals surface area contributed by atoms with Crippen molar-refractivity contribution in [2.45, 2.75) is 0 Å². The lowest BCUT2D eigenvalue weighted by molar-refractivity contribution is -0.109. The average Bonchev–Trinajstić information content (AvgIpc) is 1.90. The third-order valence-electron chi connectivity index (χ3n) is 0.927. The zero-order chi connectivity index (χ0) is 6.74. The molecule has 1 aliphatic heterocycles. The molecule has 0 aromatic heterocycles. The fourth-order valence-electron chi connectivity index (χ4n) is 0.515. The SMILES string of the molecule is [2H]C1(C=O)C=CC=NC1. The van der Waals surface area contributed by atoms with E-state index in [4.69, 9.17) is 1.37 Å². The Bertz CT molecular complexity index is 176. The van der Waals surface area contributed by atoms with E-state index in [-0.39, 0.29) is 6.54 Å². The van der Waals surface area contributed by atoms with Crippen molar-refractivity contribution in [1.29, 1.82) is 0 Å². The summed E-state index contributed by atoms with van der Waals surface area (Å²) >= 11 is 0. The number of nitrogens with zero attached hydrogens (tertiary/aromatic N) is 1. The lowest BCUT2D eigenvalue weighted by atomic mass is 10.1. The van der Waals surface area contributed by atoms with Crippen molar-refractivity contribution in [3.05, 3.63) is 12.2 Å². The van der Waals surface area contributed by atoms with E-state index in [9.17, 15) is 4.79 Å². The summed E-state index contributed by atoms with van der Waals surface area (Å²) in [4.78, 5) is 13.9. The Labute approximate surface area is 49.3 Å². The summed E-state index contributed by atoms with van der Waals surface area (Å²) in [5, 5.41) is 0. The second-order valence-electron chi connectivity index (χ2n) is 1.54. The molecule has 42 valence electrons. The molecule has 0 fully saturated rings. The van der Waals surface area contributed by atoms with E-state index in [2.05, 4.69) is 4.99 Å². The fourth-order valence-corrected chi connectivity index (χ4v) is 0.515. The molecule has 0 amide bonds. The van der Waals surface area contributed by atoms with Crippen LogP contribution in [0.3, 0.4) is 0 Å². The van der Waals surface area contributed by atoms with Gasteiger partial charge in [-0.25, -0.2) is 0 Å². The Hall–Kier alpha value is -0.920. The molecule has 0 bridgehead atoms. The molecule has 2 nitrogen and oxygen atoms in total. The number of hydrogen-bond acceptors (Lipinski definition) is 2. The molecule has 0 radical (unpaired) electrons. The molecule has 0 saturated heterocycles. The van der Waals surface area contributed by atoms with Gasteiger partial charge in [-0.15, -0.1) is 0 Å². The van der Waals surface area contributed by atoms with E-state index >= 15 is 0 Å². The highest BCUT2D eigenvalue weighted by atomic mass is 16.1. The van der Waals surface area contributed by atoms with E-state index < -0.39 is 5.89 Å². The number of carbonyl (C=O) groups is 1. The van der Waals surface area contributed by atoms with E-state index in [1.807, 2.05) is 0 Å². The van der Waals surface area contributed by atoms with Gasteiger partial charge >= 0.3 is 0 Å².